The molecule has 0 N–H and O–H groups in total. The Morgan fingerprint density at radius 2 is 2.00 bits per heavy atom. The topological polar surface area (TPSA) is 12.5 Å². The van der Waals surface area contributed by atoms with Gasteiger partial charge in [-0.15, -0.1) is 12.4 Å². The van der Waals surface area contributed by atoms with Gasteiger partial charge in [-0.25, -0.2) is 0 Å². The van der Waals surface area contributed by atoms with Crippen LogP contribution < -0.4 is 0 Å². The van der Waals surface area contributed by atoms with Crippen molar-refractivity contribution in [1.82, 2.24) is 4.90 Å². The SMILES string of the molecule is CO[C@H]1CCN(C[Si](C)(C)C)C1.Cl. The van der Waals surface area contributed by atoms with Gasteiger partial charge in [0, 0.05) is 20.2 Å². The fourth-order valence-electron chi connectivity index (χ4n) is 1.80. The third kappa shape index (κ3) is 5.01. The summed E-state index contributed by atoms with van der Waals surface area (Å²) >= 11 is 0. The first kappa shape index (κ1) is 13.4. The van der Waals surface area contributed by atoms with Crippen LogP contribution >= 0.6 is 12.4 Å². The Morgan fingerprint density at radius 3 is 2.38 bits per heavy atom. The molecule has 1 aliphatic heterocycles. The van der Waals surface area contributed by atoms with E-state index in [1.54, 1.807) is 0 Å². The van der Waals surface area contributed by atoms with E-state index in [2.05, 4.69) is 24.5 Å². The van der Waals surface area contributed by atoms with E-state index in [9.17, 15) is 0 Å². The predicted octanol–water partition coefficient (Wildman–Crippen LogP) is 2.01. The molecule has 0 aromatic rings. The summed E-state index contributed by atoms with van der Waals surface area (Å²) in [6.07, 6.45) is 3.05. The first-order chi connectivity index (χ1) is 5.51. The average molecular weight is 224 g/mol. The van der Waals surface area contributed by atoms with Crippen molar-refractivity contribution in [3.8, 4) is 0 Å². The second kappa shape index (κ2) is 5.34. The Kier molecular flexibility index (Phi) is 5.52. The molecular formula is C9H22ClNOSi. The van der Waals surface area contributed by atoms with Crippen molar-refractivity contribution in [2.24, 2.45) is 0 Å². The summed E-state index contributed by atoms with van der Waals surface area (Å²) < 4.78 is 5.33. The van der Waals surface area contributed by atoms with Crippen LogP contribution in [0.4, 0.5) is 0 Å². The molecule has 80 valence electrons. The lowest BCUT2D eigenvalue weighted by Crippen LogP contribution is -2.39. The molecule has 1 atom stereocenters. The lowest BCUT2D eigenvalue weighted by molar-refractivity contribution is 0.110. The minimum absolute atomic E-state index is 0. The van der Waals surface area contributed by atoms with Gasteiger partial charge in [-0.3, -0.25) is 0 Å². The lowest BCUT2D eigenvalue weighted by Gasteiger charge is -2.24. The van der Waals surface area contributed by atoms with Crippen LogP contribution in [0.15, 0.2) is 0 Å². The molecule has 2 nitrogen and oxygen atoms in total. The first-order valence-electron chi connectivity index (χ1n) is 4.76. The fourth-order valence-corrected chi connectivity index (χ4v) is 3.43. The van der Waals surface area contributed by atoms with Crippen LogP contribution in [-0.2, 0) is 4.74 Å². The third-order valence-corrected chi connectivity index (χ3v) is 3.66. The van der Waals surface area contributed by atoms with E-state index in [-0.39, 0.29) is 12.4 Å². The second-order valence-corrected chi connectivity index (χ2v) is 10.4. The molecule has 0 aromatic heterocycles. The van der Waals surface area contributed by atoms with Crippen LogP contribution in [0.1, 0.15) is 6.42 Å². The number of hydrogen-bond donors (Lipinski definition) is 0. The Bertz CT molecular complexity index is 149. The number of halogens is 1. The van der Waals surface area contributed by atoms with Crippen LogP contribution in [0.5, 0.6) is 0 Å². The second-order valence-electron chi connectivity index (χ2n) is 4.94. The highest BCUT2D eigenvalue weighted by Crippen LogP contribution is 2.14. The van der Waals surface area contributed by atoms with Gasteiger partial charge in [0.15, 0.2) is 0 Å². The van der Waals surface area contributed by atoms with Crippen molar-refractivity contribution in [2.75, 3.05) is 26.4 Å². The molecule has 0 spiro atoms. The van der Waals surface area contributed by atoms with E-state index in [0.717, 1.165) is 6.54 Å². The van der Waals surface area contributed by atoms with Gasteiger partial charge in [-0.1, -0.05) is 19.6 Å². The van der Waals surface area contributed by atoms with Crippen LogP contribution in [0.3, 0.4) is 0 Å². The monoisotopic (exact) mass is 223 g/mol. The molecule has 0 saturated carbocycles. The Hall–Kier alpha value is 0.427. The largest absolute Gasteiger partial charge is 0.380 e. The molecule has 1 fully saturated rings. The van der Waals surface area contributed by atoms with Crippen molar-refractivity contribution >= 4 is 20.5 Å². The fraction of sp³-hybridized carbons (Fsp3) is 1.00. The Labute approximate surface area is 89.1 Å². The quantitative estimate of drug-likeness (QED) is 0.679. The van der Waals surface area contributed by atoms with Gasteiger partial charge in [-0.05, 0) is 12.6 Å². The first-order valence-corrected chi connectivity index (χ1v) is 8.47. The van der Waals surface area contributed by atoms with Crippen LogP contribution in [-0.4, -0.2) is 45.4 Å². The minimum Gasteiger partial charge on any atom is -0.380 e. The van der Waals surface area contributed by atoms with Crippen molar-refractivity contribution in [1.29, 1.82) is 0 Å². The maximum atomic E-state index is 5.33. The van der Waals surface area contributed by atoms with E-state index in [0.29, 0.717) is 6.10 Å². The maximum Gasteiger partial charge on any atom is 0.0710 e. The lowest BCUT2D eigenvalue weighted by atomic mass is 10.3. The smallest absolute Gasteiger partial charge is 0.0710 e. The summed E-state index contributed by atoms with van der Waals surface area (Å²) in [4.78, 5) is 2.56. The molecule has 0 radical (unpaired) electrons. The van der Waals surface area contributed by atoms with Crippen molar-refractivity contribution in [3.05, 3.63) is 0 Å². The predicted molar refractivity (Wildman–Crippen MR) is 62.4 cm³/mol. The number of rotatable bonds is 3. The molecule has 0 aliphatic carbocycles. The van der Waals surface area contributed by atoms with E-state index < -0.39 is 8.07 Å². The Morgan fingerprint density at radius 1 is 1.38 bits per heavy atom. The van der Waals surface area contributed by atoms with E-state index in [1.165, 1.54) is 19.1 Å². The van der Waals surface area contributed by atoms with Gasteiger partial charge >= 0.3 is 0 Å². The minimum atomic E-state index is -0.894. The highest BCUT2D eigenvalue weighted by molar-refractivity contribution is 6.76. The summed E-state index contributed by atoms with van der Waals surface area (Å²) in [6, 6.07) is 0. The molecule has 1 heterocycles. The summed E-state index contributed by atoms with van der Waals surface area (Å²) in [7, 11) is 0.928. The molecule has 1 saturated heterocycles. The van der Waals surface area contributed by atoms with Gasteiger partial charge in [0.25, 0.3) is 0 Å². The van der Waals surface area contributed by atoms with E-state index in [1.807, 2.05) is 7.11 Å². The van der Waals surface area contributed by atoms with E-state index >= 15 is 0 Å². The van der Waals surface area contributed by atoms with Crippen molar-refractivity contribution < 1.29 is 4.74 Å². The molecular weight excluding hydrogens is 202 g/mol. The molecule has 1 rings (SSSR count). The zero-order chi connectivity index (χ0) is 9.19. The summed E-state index contributed by atoms with van der Waals surface area (Å²) in [6.45, 7) is 9.66. The van der Waals surface area contributed by atoms with Crippen LogP contribution in [0.2, 0.25) is 19.6 Å². The molecule has 0 unspecified atom stereocenters. The zero-order valence-electron chi connectivity index (χ0n) is 9.17. The van der Waals surface area contributed by atoms with Gasteiger partial charge < -0.3 is 9.64 Å². The van der Waals surface area contributed by atoms with Crippen LogP contribution in [0, 0.1) is 0 Å². The average Bonchev–Trinajstić information content (AvgIpc) is 2.32. The molecule has 0 aromatic carbocycles. The van der Waals surface area contributed by atoms with Gasteiger partial charge in [-0.2, -0.15) is 0 Å². The zero-order valence-corrected chi connectivity index (χ0v) is 11.0. The van der Waals surface area contributed by atoms with Crippen LogP contribution in [0.25, 0.3) is 0 Å². The van der Waals surface area contributed by atoms with Gasteiger partial charge in [0.2, 0.25) is 0 Å². The summed E-state index contributed by atoms with van der Waals surface area (Å²) in [5.74, 6) is 0. The van der Waals surface area contributed by atoms with Crippen molar-refractivity contribution in [2.45, 2.75) is 32.2 Å². The summed E-state index contributed by atoms with van der Waals surface area (Å²) in [5, 5.41) is 0. The molecule has 1 aliphatic rings. The molecule has 0 bridgehead atoms. The maximum absolute atomic E-state index is 5.33. The molecule has 4 heteroatoms. The molecule has 13 heavy (non-hydrogen) atoms. The number of methoxy groups -OCH3 is 1. The highest BCUT2D eigenvalue weighted by atomic mass is 35.5. The van der Waals surface area contributed by atoms with Gasteiger partial charge in [0.05, 0.1) is 14.2 Å². The highest BCUT2D eigenvalue weighted by Gasteiger charge is 2.26. The number of likely N-dealkylation sites (tertiary alicyclic amines) is 1. The molecule has 0 amide bonds. The third-order valence-electron chi connectivity index (χ3n) is 2.26. The number of hydrogen-bond acceptors (Lipinski definition) is 2. The Balaban J connectivity index is 0.00000144. The summed E-state index contributed by atoms with van der Waals surface area (Å²) in [5.41, 5.74) is 0. The standard InChI is InChI=1S/C9H21NOSi.ClH/c1-11-9-5-6-10(7-9)8-12(2,3)4;/h9H,5-8H2,1-4H3;1H/t9-;/m0./s1. The number of ether oxygens (including phenoxy) is 1. The van der Waals surface area contributed by atoms with Gasteiger partial charge in [0.1, 0.15) is 0 Å². The number of nitrogens with zero attached hydrogens (tertiary/aromatic N) is 1. The normalized spacial score (nSPS) is 24.5. The van der Waals surface area contributed by atoms with Crippen molar-refractivity contribution in [3.63, 3.8) is 0 Å². The van der Waals surface area contributed by atoms with E-state index in [4.69, 9.17) is 4.74 Å².